The van der Waals surface area contributed by atoms with Gasteiger partial charge in [0.2, 0.25) is 5.91 Å². The third-order valence-corrected chi connectivity index (χ3v) is 3.87. The Morgan fingerprint density at radius 2 is 2.14 bits per heavy atom. The molecule has 0 radical (unpaired) electrons. The summed E-state index contributed by atoms with van der Waals surface area (Å²) in [6.07, 6.45) is 0. The fourth-order valence-electron chi connectivity index (χ4n) is 2.61. The number of carbonyl (C=O) groups excluding carboxylic acids is 1. The first-order valence-electron chi connectivity index (χ1n) is 6.99. The van der Waals surface area contributed by atoms with Gasteiger partial charge in [-0.2, -0.15) is 0 Å². The molecular formula is C17H18N2O2. The monoisotopic (exact) mass is 282 g/mol. The highest BCUT2D eigenvalue weighted by Gasteiger charge is 2.22. The molecule has 3 rings (SSSR count). The number of hydrogen-bond donors (Lipinski definition) is 2. The second-order valence-corrected chi connectivity index (χ2v) is 5.29. The molecule has 0 fully saturated rings. The number of ether oxygens (including phenoxy) is 1. The lowest BCUT2D eigenvalue weighted by molar-refractivity contribution is 0.1000. The van der Waals surface area contributed by atoms with Crippen molar-refractivity contribution in [2.24, 2.45) is 5.73 Å². The van der Waals surface area contributed by atoms with Gasteiger partial charge in [-0.25, -0.2) is 0 Å². The van der Waals surface area contributed by atoms with Gasteiger partial charge in [-0.1, -0.05) is 24.3 Å². The van der Waals surface area contributed by atoms with Crippen LogP contribution in [0.15, 0.2) is 42.5 Å². The zero-order valence-corrected chi connectivity index (χ0v) is 11.9. The van der Waals surface area contributed by atoms with Crippen LogP contribution < -0.4 is 15.8 Å². The molecule has 1 unspecified atom stereocenters. The molecule has 3 N–H and O–H groups in total. The van der Waals surface area contributed by atoms with E-state index in [1.165, 1.54) is 5.56 Å². The second-order valence-electron chi connectivity index (χ2n) is 5.29. The van der Waals surface area contributed by atoms with E-state index in [1.54, 1.807) is 6.07 Å². The summed E-state index contributed by atoms with van der Waals surface area (Å²) < 4.78 is 5.66. The summed E-state index contributed by atoms with van der Waals surface area (Å²) in [5, 5.41) is 3.50. The zero-order chi connectivity index (χ0) is 14.8. The Morgan fingerprint density at radius 1 is 1.33 bits per heavy atom. The molecule has 0 saturated carbocycles. The Bertz CT molecular complexity index is 682. The van der Waals surface area contributed by atoms with Gasteiger partial charge in [0.25, 0.3) is 0 Å². The summed E-state index contributed by atoms with van der Waals surface area (Å²) in [6, 6.07) is 13.8. The molecule has 1 atom stereocenters. The highest BCUT2D eigenvalue weighted by molar-refractivity contribution is 5.93. The van der Waals surface area contributed by atoms with Crippen LogP contribution in [0, 0.1) is 6.92 Å². The molecule has 21 heavy (non-hydrogen) atoms. The Hall–Kier alpha value is -2.33. The molecule has 4 heteroatoms. The minimum absolute atomic E-state index is 0.205. The predicted octanol–water partition coefficient (Wildman–Crippen LogP) is 2.32. The molecule has 1 aliphatic heterocycles. The molecule has 2 aromatic carbocycles. The van der Waals surface area contributed by atoms with E-state index in [2.05, 4.69) is 11.4 Å². The summed E-state index contributed by atoms with van der Waals surface area (Å²) in [4.78, 5) is 11.2. The van der Waals surface area contributed by atoms with Crippen LogP contribution in [0.3, 0.4) is 0 Å². The van der Waals surface area contributed by atoms with Crippen LogP contribution in [0.4, 0.5) is 0 Å². The van der Waals surface area contributed by atoms with Crippen molar-refractivity contribution in [3.05, 3.63) is 64.7 Å². The average molecular weight is 282 g/mol. The number of amides is 1. The lowest BCUT2D eigenvalue weighted by Gasteiger charge is -2.13. The van der Waals surface area contributed by atoms with E-state index < -0.39 is 5.91 Å². The maximum absolute atomic E-state index is 11.2. The number of rotatable bonds is 4. The van der Waals surface area contributed by atoms with Gasteiger partial charge < -0.3 is 15.8 Å². The Kier molecular flexibility index (Phi) is 3.62. The van der Waals surface area contributed by atoms with Crippen molar-refractivity contribution in [1.29, 1.82) is 0 Å². The van der Waals surface area contributed by atoms with E-state index in [4.69, 9.17) is 10.5 Å². The van der Waals surface area contributed by atoms with Crippen molar-refractivity contribution in [2.75, 3.05) is 6.61 Å². The molecule has 1 aliphatic rings. The third-order valence-electron chi connectivity index (χ3n) is 3.87. The number of nitrogens with one attached hydrogen (secondary N) is 1. The number of benzene rings is 2. The molecule has 0 aliphatic carbocycles. The Balaban J connectivity index is 1.70. The van der Waals surface area contributed by atoms with Crippen LogP contribution in [-0.4, -0.2) is 12.5 Å². The maximum atomic E-state index is 11.2. The average Bonchev–Trinajstić information content (AvgIpc) is 2.89. The molecule has 0 aromatic heterocycles. The molecule has 0 saturated heterocycles. The Morgan fingerprint density at radius 3 is 2.90 bits per heavy atom. The predicted molar refractivity (Wildman–Crippen MR) is 81.2 cm³/mol. The first kappa shape index (κ1) is 13.6. The van der Waals surface area contributed by atoms with Crippen LogP contribution in [0.5, 0.6) is 5.75 Å². The van der Waals surface area contributed by atoms with E-state index >= 15 is 0 Å². The lowest BCUT2D eigenvalue weighted by Crippen LogP contribution is -2.22. The highest BCUT2D eigenvalue weighted by atomic mass is 16.5. The number of fused-ring (bicyclic) bond motifs is 1. The first-order valence-corrected chi connectivity index (χ1v) is 6.99. The van der Waals surface area contributed by atoms with Crippen molar-refractivity contribution >= 4 is 5.91 Å². The summed E-state index contributed by atoms with van der Waals surface area (Å²) in [5.74, 6) is 0.562. The zero-order valence-electron chi connectivity index (χ0n) is 11.9. The smallest absolute Gasteiger partial charge is 0.248 e. The van der Waals surface area contributed by atoms with E-state index in [1.807, 2.05) is 37.3 Å². The Labute approximate surface area is 123 Å². The fraction of sp³-hybridized carbons (Fsp3) is 0.235. The van der Waals surface area contributed by atoms with Gasteiger partial charge in [0, 0.05) is 17.7 Å². The number of primary amides is 1. The van der Waals surface area contributed by atoms with E-state index in [-0.39, 0.29) is 6.04 Å². The van der Waals surface area contributed by atoms with Gasteiger partial charge in [-0.3, -0.25) is 4.79 Å². The van der Waals surface area contributed by atoms with Gasteiger partial charge in [-0.15, -0.1) is 0 Å². The molecule has 108 valence electrons. The first-order chi connectivity index (χ1) is 10.1. The number of hydrogen-bond acceptors (Lipinski definition) is 3. The maximum Gasteiger partial charge on any atom is 0.248 e. The topological polar surface area (TPSA) is 64.4 Å². The van der Waals surface area contributed by atoms with Gasteiger partial charge in [0.15, 0.2) is 0 Å². The van der Waals surface area contributed by atoms with Gasteiger partial charge in [0.1, 0.15) is 12.4 Å². The second kappa shape index (κ2) is 5.58. The minimum atomic E-state index is -0.393. The van der Waals surface area contributed by atoms with Gasteiger partial charge in [0.05, 0.1) is 6.04 Å². The van der Waals surface area contributed by atoms with Crippen molar-refractivity contribution in [2.45, 2.75) is 19.5 Å². The lowest BCUT2D eigenvalue weighted by atomic mass is 10.0. The van der Waals surface area contributed by atoms with Gasteiger partial charge in [-0.05, 0) is 36.2 Å². The fourth-order valence-corrected chi connectivity index (χ4v) is 2.61. The summed E-state index contributed by atoms with van der Waals surface area (Å²) in [7, 11) is 0. The summed E-state index contributed by atoms with van der Waals surface area (Å²) >= 11 is 0. The molecule has 0 spiro atoms. The molecule has 1 heterocycles. The number of carbonyl (C=O) groups is 1. The van der Waals surface area contributed by atoms with Crippen molar-refractivity contribution in [3.63, 3.8) is 0 Å². The van der Waals surface area contributed by atoms with Crippen molar-refractivity contribution in [3.8, 4) is 5.75 Å². The largest absolute Gasteiger partial charge is 0.491 e. The molecule has 2 aromatic rings. The molecule has 4 nitrogen and oxygen atoms in total. The summed E-state index contributed by atoms with van der Waals surface area (Å²) in [5.41, 5.74) is 9.25. The van der Waals surface area contributed by atoms with E-state index in [0.29, 0.717) is 12.2 Å². The third kappa shape index (κ3) is 2.76. The number of nitrogens with two attached hydrogens (primary N) is 1. The highest BCUT2D eigenvalue weighted by Crippen LogP contribution is 2.31. The normalized spacial score (nSPS) is 16.3. The SMILES string of the molecule is Cc1cc(C(N)=O)ccc1CNC1COc2ccccc21. The van der Waals surface area contributed by atoms with Crippen molar-refractivity contribution < 1.29 is 9.53 Å². The van der Waals surface area contributed by atoms with E-state index in [9.17, 15) is 4.79 Å². The molecule has 0 bridgehead atoms. The van der Waals surface area contributed by atoms with Crippen LogP contribution in [0.1, 0.15) is 33.1 Å². The van der Waals surface area contributed by atoms with Crippen LogP contribution in [0.2, 0.25) is 0 Å². The van der Waals surface area contributed by atoms with Crippen LogP contribution in [0.25, 0.3) is 0 Å². The summed E-state index contributed by atoms with van der Waals surface area (Å²) in [6.45, 7) is 3.37. The minimum Gasteiger partial charge on any atom is -0.491 e. The van der Waals surface area contributed by atoms with E-state index in [0.717, 1.165) is 23.4 Å². The van der Waals surface area contributed by atoms with Crippen LogP contribution in [-0.2, 0) is 6.54 Å². The standard InChI is InChI=1S/C17H18N2O2/c1-11-8-12(17(18)20)6-7-13(11)9-19-15-10-21-16-5-3-2-4-14(15)16/h2-8,15,19H,9-10H2,1H3,(H2,18,20). The van der Waals surface area contributed by atoms with Gasteiger partial charge >= 0.3 is 0 Å². The molecular weight excluding hydrogens is 264 g/mol. The molecule has 1 amide bonds. The number of para-hydroxylation sites is 1. The van der Waals surface area contributed by atoms with Crippen LogP contribution >= 0.6 is 0 Å². The van der Waals surface area contributed by atoms with Crippen molar-refractivity contribution in [1.82, 2.24) is 5.32 Å². The quantitative estimate of drug-likeness (QED) is 0.904. The number of aryl methyl sites for hydroxylation is 1.